The quantitative estimate of drug-likeness (QED) is 0.0909. The third-order valence-corrected chi connectivity index (χ3v) is 15.7. The van der Waals surface area contributed by atoms with Crippen LogP contribution in [0, 0.1) is 23.0 Å². The number of piperazine rings is 2. The van der Waals surface area contributed by atoms with Crippen LogP contribution in [0.2, 0.25) is 0 Å². The molecular formula is C56H64F2N12O7. The van der Waals surface area contributed by atoms with Gasteiger partial charge >= 0.3 is 0 Å². The minimum absolute atomic E-state index is 0.162. The molecule has 0 bridgehead atoms. The minimum Gasteiger partial charge on any atom is -0.492 e. The van der Waals surface area contributed by atoms with Crippen LogP contribution in [0.3, 0.4) is 0 Å². The van der Waals surface area contributed by atoms with Crippen LogP contribution in [0.1, 0.15) is 83.7 Å². The summed E-state index contributed by atoms with van der Waals surface area (Å²) >= 11 is 0. The summed E-state index contributed by atoms with van der Waals surface area (Å²) < 4.78 is 42.8. The van der Waals surface area contributed by atoms with Gasteiger partial charge in [0, 0.05) is 120 Å². The topological polar surface area (TPSA) is 201 Å². The zero-order valence-corrected chi connectivity index (χ0v) is 43.4. The van der Waals surface area contributed by atoms with Crippen LogP contribution >= 0.6 is 0 Å². The molecule has 4 fully saturated rings. The number of nitriles is 1. The highest BCUT2D eigenvalue weighted by Crippen LogP contribution is 2.34. The molecule has 0 aliphatic carbocycles. The van der Waals surface area contributed by atoms with Gasteiger partial charge in [-0.2, -0.15) is 10.4 Å². The number of carbonyl (C=O) groups is 5. The number of benzene rings is 2. The molecule has 5 aromatic rings. The van der Waals surface area contributed by atoms with Gasteiger partial charge in [-0.25, -0.2) is 18.3 Å². The predicted molar refractivity (Wildman–Crippen MR) is 281 cm³/mol. The number of unbranched alkanes of at least 4 members (excludes halogenated alkanes) is 1. The molecule has 10 rings (SSSR count). The van der Waals surface area contributed by atoms with Crippen molar-refractivity contribution in [2.24, 2.45) is 0 Å². The van der Waals surface area contributed by atoms with Crippen molar-refractivity contribution in [1.82, 2.24) is 44.8 Å². The lowest BCUT2D eigenvalue weighted by Crippen LogP contribution is -2.58. The van der Waals surface area contributed by atoms with Crippen LogP contribution < -0.4 is 25.2 Å². The number of halogens is 2. The van der Waals surface area contributed by atoms with E-state index in [1.807, 2.05) is 42.2 Å². The number of amides is 5. The molecule has 404 valence electrons. The Kier molecular flexibility index (Phi) is 16.1. The first kappa shape index (κ1) is 52.9. The van der Waals surface area contributed by atoms with Gasteiger partial charge < -0.3 is 34.4 Å². The predicted octanol–water partition coefficient (Wildman–Crippen LogP) is 4.63. The SMILES string of the molecule is CCOc1cc(-c2ccc(N3CCC(COCCN4CCN(C(=O)CCCCN5CCN(c6ccc7c(c6)CN(C6CCC(=O)NC6=O)C7=O)CC5)CC4)(NC(=O)c4cc(F)ccc4F)CC3)nc2)c2c(C#N)cnn2c1. The molecular weight excluding hydrogens is 991 g/mol. The Hall–Kier alpha value is -7.54. The third-order valence-electron chi connectivity index (χ3n) is 15.7. The van der Waals surface area contributed by atoms with Gasteiger partial charge in [-0.15, -0.1) is 0 Å². The van der Waals surface area contributed by atoms with E-state index in [9.17, 15) is 38.0 Å². The van der Waals surface area contributed by atoms with Gasteiger partial charge in [0.1, 0.15) is 35.3 Å². The number of rotatable bonds is 18. The second-order valence-corrected chi connectivity index (χ2v) is 20.5. The fraction of sp³-hybridized carbons (Fsp3) is 0.464. The minimum atomic E-state index is -0.869. The first-order chi connectivity index (χ1) is 37.4. The Morgan fingerprint density at radius 1 is 0.870 bits per heavy atom. The molecule has 5 aliphatic heterocycles. The van der Waals surface area contributed by atoms with E-state index in [1.54, 1.807) is 21.8 Å². The summed E-state index contributed by atoms with van der Waals surface area (Å²) in [5, 5.41) is 19.5. The molecule has 5 aliphatic rings. The Bertz CT molecular complexity index is 3050. The van der Waals surface area contributed by atoms with E-state index in [0.717, 1.165) is 92.0 Å². The first-order valence-electron chi connectivity index (χ1n) is 26.7. The smallest absolute Gasteiger partial charge is 0.255 e. The Balaban J connectivity index is 0.653. The van der Waals surface area contributed by atoms with Crippen molar-refractivity contribution in [2.75, 3.05) is 108 Å². The number of nitrogens with zero attached hydrogens (tertiary/aromatic N) is 10. The van der Waals surface area contributed by atoms with Gasteiger partial charge in [-0.3, -0.25) is 39.1 Å². The number of piperidine rings is 2. The van der Waals surface area contributed by atoms with Crippen molar-refractivity contribution < 1.29 is 42.2 Å². The summed E-state index contributed by atoms with van der Waals surface area (Å²) in [6.07, 6.45) is 8.72. The fourth-order valence-corrected chi connectivity index (χ4v) is 11.3. The van der Waals surface area contributed by atoms with Crippen LogP contribution in [0.25, 0.3) is 16.6 Å². The van der Waals surface area contributed by atoms with Gasteiger partial charge in [0.15, 0.2) is 0 Å². The number of fused-ring (bicyclic) bond motifs is 2. The summed E-state index contributed by atoms with van der Waals surface area (Å²) in [6.45, 7) is 12.0. The van der Waals surface area contributed by atoms with Gasteiger partial charge in [-0.1, -0.05) is 0 Å². The van der Waals surface area contributed by atoms with Crippen molar-refractivity contribution in [3.05, 3.63) is 107 Å². The third kappa shape index (κ3) is 11.9. The monoisotopic (exact) mass is 1050 g/mol. The molecule has 5 amide bonds. The van der Waals surface area contributed by atoms with E-state index in [0.29, 0.717) is 114 Å². The normalized spacial score (nSPS) is 19.1. The highest BCUT2D eigenvalue weighted by Gasteiger charge is 2.40. The molecule has 0 saturated carbocycles. The van der Waals surface area contributed by atoms with E-state index in [4.69, 9.17) is 14.5 Å². The number of pyridine rings is 2. The number of ether oxygens (including phenoxy) is 2. The first-order valence-corrected chi connectivity index (χ1v) is 26.7. The molecule has 2 N–H and O–H groups in total. The van der Waals surface area contributed by atoms with Crippen molar-refractivity contribution in [2.45, 2.75) is 70.0 Å². The van der Waals surface area contributed by atoms with Gasteiger partial charge in [-0.05, 0) is 106 Å². The van der Waals surface area contributed by atoms with Crippen molar-refractivity contribution in [3.63, 3.8) is 0 Å². The number of imide groups is 1. The van der Waals surface area contributed by atoms with Gasteiger partial charge in [0.2, 0.25) is 17.7 Å². The molecule has 2 aromatic carbocycles. The van der Waals surface area contributed by atoms with Crippen molar-refractivity contribution in [1.29, 1.82) is 5.26 Å². The molecule has 0 radical (unpaired) electrons. The summed E-state index contributed by atoms with van der Waals surface area (Å²) in [6, 6.07) is 16.0. The number of anilines is 2. The average molecular weight is 1060 g/mol. The van der Waals surface area contributed by atoms with Crippen molar-refractivity contribution in [3.8, 4) is 22.9 Å². The van der Waals surface area contributed by atoms with E-state index in [2.05, 4.69) is 47.5 Å². The Labute approximate surface area is 445 Å². The molecule has 1 atom stereocenters. The second kappa shape index (κ2) is 23.4. The maximum absolute atomic E-state index is 14.8. The number of aromatic nitrogens is 3. The summed E-state index contributed by atoms with van der Waals surface area (Å²) in [7, 11) is 0. The maximum atomic E-state index is 14.8. The number of carbonyl (C=O) groups excluding carboxylic acids is 5. The average Bonchev–Trinajstić information content (AvgIpc) is 4.02. The second-order valence-electron chi connectivity index (χ2n) is 20.5. The lowest BCUT2D eigenvalue weighted by atomic mass is 9.87. The Morgan fingerprint density at radius 2 is 1.65 bits per heavy atom. The van der Waals surface area contributed by atoms with E-state index < -0.39 is 35.0 Å². The Morgan fingerprint density at radius 3 is 2.39 bits per heavy atom. The largest absolute Gasteiger partial charge is 0.492 e. The standard InChI is InChI=1S/C56H64F2N12O7/c1-2-77-43-31-45(52-40(32-59)34-61-70(52)36-43)38-6-12-49(60-33-38)67-17-14-56(15-18-67,63-53(73)46-30-41(57)7-10-47(46)58)37-76-28-27-65-21-25-68(26-22-65)51(72)5-3-4-16-64-19-23-66(24-20-64)42-8-9-44-39(29-42)35-69(55(44)75)48-11-13-50(71)62-54(48)74/h6-10,12,29-31,33-34,36,48H,2-5,11,13-28,35,37H2,1H3,(H,63,73)(H,62,71,74). The molecule has 19 nitrogen and oxygen atoms in total. The highest BCUT2D eigenvalue weighted by atomic mass is 19.1. The zero-order valence-electron chi connectivity index (χ0n) is 43.4. The molecule has 4 saturated heterocycles. The lowest BCUT2D eigenvalue weighted by molar-refractivity contribution is -0.137. The summed E-state index contributed by atoms with van der Waals surface area (Å²) in [5.41, 5.74) is 3.95. The van der Waals surface area contributed by atoms with Crippen LogP contribution in [0.5, 0.6) is 5.75 Å². The summed E-state index contributed by atoms with van der Waals surface area (Å²) in [4.78, 5) is 81.6. The van der Waals surface area contributed by atoms with Gasteiger partial charge in [0.25, 0.3) is 11.8 Å². The van der Waals surface area contributed by atoms with Crippen LogP contribution in [0.4, 0.5) is 20.3 Å². The van der Waals surface area contributed by atoms with Crippen molar-refractivity contribution >= 4 is 46.6 Å². The maximum Gasteiger partial charge on any atom is 0.255 e. The van der Waals surface area contributed by atoms with E-state index >= 15 is 0 Å². The van der Waals surface area contributed by atoms with Crippen LogP contribution in [-0.4, -0.2) is 174 Å². The molecule has 8 heterocycles. The lowest BCUT2D eigenvalue weighted by Gasteiger charge is -2.43. The molecule has 77 heavy (non-hydrogen) atoms. The number of nitrogens with one attached hydrogen (secondary N) is 2. The van der Waals surface area contributed by atoms with Crippen LogP contribution in [-0.2, 0) is 25.7 Å². The van der Waals surface area contributed by atoms with Gasteiger partial charge in [0.05, 0.1) is 54.4 Å². The summed E-state index contributed by atoms with van der Waals surface area (Å²) in [5.74, 6) is -1.62. The molecule has 3 aromatic heterocycles. The molecule has 1 unspecified atom stereocenters. The molecule has 21 heteroatoms. The number of hydrogen-bond donors (Lipinski definition) is 2. The van der Waals surface area contributed by atoms with E-state index in [1.165, 1.54) is 6.20 Å². The zero-order chi connectivity index (χ0) is 53.6. The van der Waals surface area contributed by atoms with E-state index in [-0.39, 0.29) is 36.3 Å². The van der Waals surface area contributed by atoms with Crippen LogP contribution in [0.15, 0.2) is 73.2 Å². The number of hydrogen-bond acceptors (Lipinski definition) is 14. The highest BCUT2D eigenvalue weighted by molar-refractivity contribution is 6.05. The fourth-order valence-electron chi connectivity index (χ4n) is 11.3. The molecule has 0 spiro atoms.